The number of carbonyl (C=O) groups is 2. The van der Waals surface area contributed by atoms with Crippen molar-refractivity contribution in [1.82, 2.24) is 4.57 Å². The number of carbonyl (C=O) groups excluding carboxylic acids is 2. The molecule has 0 aliphatic heterocycles. The zero-order valence-corrected chi connectivity index (χ0v) is 16.0. The van der Waals surface area contributed by atoms with Crippen molar-refractivity contribution in [3.05, 3.63) is 52.8 Å². The maximum atomic E-state index is 12.5. The minimum Gasteiger partial charge on any atom is -0.454 e. The van der Waals surface area contributed by atoms with Gasteiger partial charge in [-0.15, -0.1) is 0 Å². The number of nitrogens with zero attached hydrogens (tertiary/aromatic N) is 1. The summed E-state index contributed by atoms with van der Waals surface area (Å²) in [5.41, 5.74) is 1.98. The minimum atomic E-state index is -3.07. The highest BCUT2D eigenvalue weighted by Crippen LogP contribution is 2.22. The van der Waals surface area contributed by atoms with Crippen LogP contribution in [-0.2, 0) is 16.0 Å². The van der Waals surface area contributed by atoms with E-state index in [9.17, 15) is 18.4 Å². The third kappa shape index (κ3) is 5.39. The summed E-state index contributed by atoms with van der Waals surface area (Å²) >= 11 is 0. The zero-order valence-electron chi connectivity index (χ0n) is 16.0. The number of hydrogen-bond donors (Lipinski definition) is 0. The van der Waals surface area contributed by atoms with Gasteiger partial charge in [0.2, 0.25) is 5.78 Å². The fourth-order valence-electron chi connectivity index (χ4n) is 2.92. The first-order chi connectivity index (χ1) is 13.3. The van der Waals surface area contributed by atoms with E-state index in [0.29, 0.717) is 18.7 Å². The number of esters is 1. The third-order valence-electron chi connectivity index (χ3n) is 4.26. The lowest BCUT2D eigenvalue weighted by molar-refractivity contribution is -0.0504. The van der Waals surface area contributed by atoms with Gasteiger partial charge in [0.25, 0.3) is 0 Å². The Morgan fingerprint density at radius 3 is 2.54 bits per heavy atom. The Kier molecular flexibility index (Phi) is 7.69. The molecule has 0 amide bonds. The molecule has 0 saturated heterocycles. The summed E-state index contributed by atoms with van der Waals surface area (Å²) in [4.78, 5) is 24.7. The standard InChI is InChI=1S/C20H23F2NO5/c1-13-11-16(14(2)23(13)9-6-10-26-3)17(24)12-27-19(25)15-7-4-5-8-18(15)28-20(21)22/h4-5,7-8,11,20H,6,9-10,12H2,1-3H3. The Bertz CT molecular complexity index is 832. The van der Waals surface area contributed by atoms with Gasteiger partial charge in [-0.05, 0) is 38.5 Å². The van der Waals surface area contributed by atoms with Crippen LogP contribution in [-0.4, -0.2) is 43.3 Å². The van der Waals surface area contributed by atoms with Crippen molar-refractivity contribution in [2.24, 2.45) is 0 Å². The molecule has 1 aromatic carbocycles. The van der Waals surface area contributed by atoms with Gasteiger partial charge >= 0.3 is 12.6 Å². The molecule has 1 heterocycles. The highest BCUT2D eigenvalue weighted by Gasteiger charge is 2.20. The average Bonchev–Trinajstić information content (AvgIpc) is 2.94. The van der Waals surface area contributed by atoms with Gasteiger partial charge in [0, 0.05) is 37.2 Å². The van der Waals surface area contributed by atoms with Crippen LogP contribution in [0.5, 0.6) is 5.75 Å². The van der Waals surface area contributed by atoms with Gasteiger partial charge in [0.1, 0.15) is 11.3 Å². The number of methoxy groups -OCH3 is 1. The van der Waals surface area contributed by atoms with Gasteiger partial charge in [-0.25, -0.2) is 4.79 Å². The Labute approximate surface area is 162 Å². The van der Waals surface area contributed by atoms with E-state index < -0.39 is 19.2 Å². The zero-order chi connectivity index (χ0) is 20.7. The summed E-state index contributed by atoms with van der Waals surface area (Å²) in [6.07, 6.45) is 0.802. The molecule has 2 rings (SSSR count). The molecule has 1 aromatic heterocycles. The van der Waals surface area contributed by atoms with E-state index >= 15 is 0 Å². The summed E-state index contributed by atoms with van der Waals surface area (Å²) in [5.74, 6) is -1.57. The number of alkyl halides is 2. The van der Waals surface area contributed by atoms with Crippen LogP contribution in [0.15, 0.2) is 30.3 Å². The van der Waals surface area contributed by atoms with Gasteiger partial charge in [-0.2, -0.15) is 8.78 Å². The van der Waals surface area contributed by atoms with E-state index in [-0.39, 0.29) is 17.1 Å². The number of rotatable bonds is 10. The quantitative estimate of drug-likeness (QED) is 0.348. The van der Waals surface area contributed by atoms with Crippen molar-refractivity contribution in [3.63, 3.8) is 0 Å². The summed E-state index contributed by atoms with van der Waals surface area (Å²) in [6, 6.07) is 7.22. The number of ketones is 1. The average molecular weight is 395 g/mol. The van der Waals surface area contributed by atoms with E-state index in [1.165, 1.54) is 24.3 Å². The molecule has 0 unspecified atom stereocenters. The first-order valence-corrected chi connectivity index (χ1v) is 8.75. The van der Waals surface area contributed by atoms with E-state index in [0.717, 1.165) is 17.8 Å². The lowest BCUT2D eigenvalue weighted by atomic mass is 10.1. The molecule has 0 fully saturated rings. The molecule has 0 radical (unpaired) electrons. The summed E-state index contributed by atoms with van der Waals surface area (Å²) in [7, 11) is 1.63. The lowest BCUT2D eigenvalue weighted by Gasteiger charge is -2.11. The molecule has 152 valence electrons. The van der Waals surface area contributed by atoms with Gasteiger partial charge in [0.05, 0.1) is 0 Å². The molecular weight excluding hydrogens is 372 g/mol. The number of aromatic nitrogens is 1. The molecule has 8 heteroatoms. The van der Waals surface area contributed by atoms with Crippen LogP contribution in [0.25, 0.3) is 0 Å². The highest BCUT2D eigenvalue weighted by molar-refractivity contribution is 6.01. The van der Waals surface area contributed by atoms with Crippen LogP contribution < -0.4 is 4.74 Å². The van der Waals surface area contributed by atoms with E-state index in [4.69, 9.17) is 9.47 Å². The van der Waals surface area contributed by atoms with Crippen LogP contribution in [0.3, 0.4) is 0 Å². The van der Waals surface area contributed by atoms with Crippen LogP contribution in [0.4, 0.5) is 8.78 Å². The van der Waals surface area contributed by atoms with Gasteiger partial charge in [-0.3, -0.25) is 4.79 Å². The SMILES string of the molecule is COCCCn1c(C)cc(C(=O)COC(=O)c2ccccc2OC(F)F)c1C. The first kappa shape index (κ1) is 21.6. The molecule has 0 aliphatic rings. The third-order valence-corrected chi connectivity index (χ3v) is 4.26. The Morgan fingerprint density at radius 1 is 1.14 bits per heavy atom. The molecule has 0 saturated carbocycles. The second-order valence-electron chi connectivity index (χ2n) is 6.16. The predicted octanol–water partition coefficient (Wildman–Crippen LogP) is 3.78. The minimum absolute atomic E-state index is 0.166. The van der Waals surface area contributed by atoms with Crippen LogP contribution in [0.2, 0.25) is 0 Å². The molecule has 28 heavy (non-hydrogen) atoms. The maximum absolute atomic E-state index is 12.5. The normalized spacial score (nSPS) is 10.9. The molecule has 0 N–H and O–H groups in total. The molecule has 0 aliphatic carbocycles. The summed E-state index contributed by atoms with van der Waals surface area (Å²) in [5, 5.41) is 0. The van der Waals surface area contributed by atoms with Gasteiger partial charge < -0.3 is 18.8 Å². The van der Waals surface area contributed by atoms with Crippen molar-refractivity contribution >= 4 is 11.8 Å². The number of benzene rings is 1. The Morgan fingerprint density at radius 2 is 1.86 bits per heavy atom. The lowest BCUT2D eigenvalue weighted by Crippen LogP contribution is -2.16. The fraction of sp³-hybridized carbons (Fsp3) is 0.400. The number of ether oxygens (including phenoxy) is 3. The van der Waals surface area contributed by atoms with Crippen molar-refractivity contribution in [1.29, 1.82) is 0 Å². The monoisotopic (exact) mass is 395 g/mol. The van der Waals surface area contributed by atoms with Crippen molar-refractivity contribution in [2.75, 3.05) is 20.3 Å². The van der Waals surface area contributed by atoms with Crippen molar-refractivity contribution < 1.29 is 32.6 Å². The first-order valence-electron chi connectivity index (χ1n) is 8.75. The maximum Gasteiger partial charge on any atom is 0.387 e. The number of halogens is 2. The topological polar surface area (TPSA) is 66.8 Å². The van der Waals surface area contributed by atoms with Gasteiger partial charge in [0.15, 0.2) is 6.61 Å². The fourth-order valence-corrected chi connectivity index (χ4v) is 2.92. The van der Waals surface area contributed by atoms with E-state index in [1.54, 1.807) is 13.2 Å². The second kappa shape index (κ2) is 9.98. The number of para-hydroxylation sites is 1. The molecular formula is C20H23F2NO5. The van der Waals surface area contributed by atoms with E-state index in [1.807, 2.05) is 18.4 Å². The largest absolute Gasteiger partial charge is 0.454 e. The van der Waals surface area contributed by atoms with Crippen molar-refractivity contribution in [2.45, 2.75) is 33.4 Å². The smallest absolute Gasteiger partial charge is 0.387 e. The molecule has 2 aromatic rings. The summed E-state index contributed by atoms with van der Waals surface area (Å²) in [6.45, 7) is 1.46. The highest BCUT2D eigenvalue weighted by atomic mass is 19.3. The van der Waals surface area contributed by atoms with E-state index in [2.05, 4.69) is 4.74 Å². The predicted molar refractivity (Wildman–Crippen MR) is 98.1 cm³/mol. The molecule has 0 spiro atoms. The molecule has 0 atom stereocenters. The second-order valence-corrected chi connectivity index (χ2v) is 6.16. The molecule has 0 bridgehead atoms. The van der Waals surface area contributed by atoms with Crippen molar-refractivity contribution in [3.8, 4) is 5.75 Å². The van der Waals surface area contributed by atoms with Crippen LogP contribution in [0.1, 0.15) is 38.5 Å². The van der Waals surface area contributed by atoms with Crippen LogP contribution >= 0.6 is 0 Å². The Balaban J connectivity index is 2.05. The number of hydrogen-bond acceptors (Lipinski definition) is 5. The molecule has 6 nitrogen and oxygen atoms in total. The number of Topliss-reactive ketones (excluding diaryl/α,β-unsaturated/α-hetero) is 1. The van der Waals surface area contributed by atoms with Crippen LogP contribution in [0, 0.1) is 13.8 Å². The Hall–Kier alpha value is -2.74. The number of aryl methyl sites for hydroxylation is 1. The summed E-state index contributed by atoms with van der Waals surface area (Å²) < 4.78 is 41.3. The van der Waals surface area contributed by atoms with Gasteiger partial charge in [-0.1, -0.05) is 12.1 Å².